The summed E-state index contributed by atoms with van der Waals surface area (Å²) in [6.45, 7) is 5.64. The van der Waals surface area contributed by atoms with E-state index in [0.29, 0.717) is 18.7 Å². The van der Waals surface area contributed by atoms with Gasteiger partial charge in [0.15, 0.2) is 10.3 Å². The van der Waals surface area contributed by atoms with Crippen LogP contribution in [0.5, 0.6) is 0 Å². The molecule has 2 aromatic heterocycles. The fourth-order valence-electron chi connectivity index (χ4n) is 2.27. The van der Waals surface area contributed by atoms with Gasteiger partial charge in [0.1, 0.15) is 5.69 Å². The van der Waals surface area contributed by atoms with Crippen molar-refractivity contribution in [1.82, 2.24) is 14.8 Å². The third-order valence-corrected chi connectivity index (χ3v) is 4.81. The molecule has 0 spiro atoms. The van der Waals surface area contributed by atoms with Gasteiger partial charge in [0.25, 0.3) is 0 Å². The van der Waals surface area contributed by atoms with E-state index >= 15 is 0 Å². The summed E-state index contributed by atoms with van der Waals surface area (Å²) >= 11 is 7.29. The molecule has 2 aromatic rings. The van der Waals surface area contributed by atoms with Crippen LogP contribution in [0.25, 0.3) is 5.69 Å². The number of thioether (sulfide) groups is 1. The van der Waals surface area contributed by atoms with Crippen LogP contribution in [0.1, 0.15) is 27.2 Å². The summed E-state index contributed by atoms with van der Waals surface area (Å²) in [4.78, 5) is 29.8. The summed E-state index contributed by atoms with van der Waals surface area (Å²) in [7, 11) is 0. The van der Waals surface area contributed by atoms with Crippen LogP contribution < -0.4 is 4.90 Å². The number of hydrogen-bond donors (Lipinski definition) is 0. The second-order valence-corrected chi connectivity index (χ2v) is 6.79. The van der Waals surface area contributed by atoms with Crippen LogP contribution in [0.4, 0.5) is 5.69 Å². The molecule has 6 nitrogen and oxygen atoms in total. The highest BCUT2D eigenvalue weighted by molar-refractivity contribution is 8.14. The Balaban J connectivity index is 2.32. The minimum atomic E-state index is -0.430. The lowest BCUT2D eigenvalue weighted by Gasteiger charge is -2.23. The minimum absolute atomic E-state index is 0.0802. The molecular weight excluding hydrogens is 348 g/mol. The molecule has 1 unspecified atom stereocenters. The van der Waals surface area contributed by atoms with E-state index in [0.717, 1.165) is 17.4 Å². The van der Waals surface area contributed by atoms with Gasteiger partial charge in [-0.15, -0.1) is 0 Å². The van der Waals surface area contributed by atoms with Crippen LogP contribution in [0.2, 0.25) is 5.15 Å². The predicted molar refractivity (Wildman–Crippen MR) is 96.7 cm³/mol. The van der Waals surface area contributed by atoms with Crippen LogP contribution in [0.15, 0.2) is 30.7 Å². The Hall–Kier alpha value is -1.86. The van der Waals surface area contributed by atoms with E-state index in [1.54, 1.807) is 34.2 Å². The zero-order valence-electron chi connectivity index (χ0n) is 13.8. The third-order valence-electron chi connectivity index (χ3n) is 3.39. The van der Waals surface area contributed by atoms with E-state index < -0.39 is 5.25 Å². The summed E-state index contributed by atoms with van der Waals surface area (Å²) in [5.74, 6) is -0.146. The Kier molecular flexibility index (Phi) is 6.39. The number of halogens is 1. The van der Waals surface area contributed by atoms with E-state index in [9.17, 15) is 9.59 Å². The van der Waals surface area contributed by atoms with Gasteiger partial charge in [-0.3, -0.25) is 14.6 Å². The number of nitrogens with zero attached hydrogens (tertiary/aromatic N) is 4. The quantitative estimate of drug-likeness (QED) is 0.784. The first-order valence-electron chi connectivity index (χ1n) is 7.62. The first-order chi connectivity index (χ1) is 11.5. The molecule has 0 fully saturated rings. The largest absolute Gasteiger partial charge is 0.308 e. The van der Waals surface area contributed by atoms with Crippen molar-refractivity contribution >= 4 is 40.1 Å². The first-order valence-corrected chi connectivity index (χ1v) is 8.87. The van der Waals surface area contributed by atoms with Crippen molar-refractivity contribution in [1.29, 1.82) is 0 Å². The van der Waals surface area contributed by atoms with Crippen LogP contribution >= 0.6 is 23.4 Å². The first kappa shape index (κ1) is 18.5. The van der Waals surface area contributed by atoms with Crippen molar-refractivity contribution in [2.45, 2.75) is 32.4 Å². The van der Waals surface area contributed by atoms with E-state index in [4.69, 9.17) is 11.6 Å². The molecular formula is C16H19ClN4O2S. The Morgan fingerprint density at radius 1 is 1.42 bits per heavy atom. The number of aromatic nitrogens is 3. The summed E-state index contributed by atoms with van der Waals surface area (Å²) < 4.78 is 1.58. The molecule has 2 heterocycles. The van der Waals surface area contributed by atoms with Crippen molar-refractivity contribution in [3.63, 3.8) is 0 Å². The molecule has 0 saturated carbocycles. The molecule has 24 heavy (non-hydrogen) atoms. The Morgan fingerprint density at radius 3 is 2.71 bits per heavy atom. The summed E-state index contributed by atoms with van der Waals surface area (Å²) in [5, 5.41) is 3.98. The summed E-state index contributed by atoms with van der Waals surface area (Å²) in [6.07, 6.45) is 5.59. The fraction of sp³-hybridized carbons (Fsp3) is 0.375. The molecule has 0 N–H and O–H groups in total. The fourth-order valence-corrected chi connectivity index (χ4v) is 3.30. The normalized spacial score (nSPS) is 12.0. The molecule has 0 aliphatic heterocycles. The maximum absolute atomic E-state index is 12.8. The zero-order chi connectivity index (χ0) is 17.7. The van der Waals surface area contributed by atoms with Gasteiger partial charge >= 0.3 is 0 Å². The lowest BCUT2D eigenvalue weighted by molar-refractivity contribution is -0.118. The number of carbonyl (C=O) groups excluding carboxylic acids is 2. The average Bonchev–Trinajstić information content (AvgIpc) is 2.95. The van der Waals surface area contributed by atoms with Gasteiger partial charge in [0.2, 0.25) is 5.91 Å². The second kappa shape index (κ2) is 8.30. The Bertz CT molecular complexity index is 720. The minimum Gasteiger partial charge on any atom is -0.308 e. The standard InChI is InChI=1S/C16H19ClN4O2S/c1-4-14(24-11(3)22)16(23)20(5-2)13-10-21(19-15(13)17)12-7-6-8-18-9-12/h6-10,14H,4-5H2,1-3H3. The molecule has 0 aliphatic rings. The monoisotopic (exact) mass is 366 g/mol. The highest BCUT2D eigenvalue weighted by Gasteiger charge is 2.27. The van der Waals surface area contributed by atoms with Crippen LogP contribution in [0.3, 0.4) is 0 Å². The second-order valence-electron chi connectivity index (χ2n) is 5.05. The number of anilines is 1. The molecule has 0 aromatic carbocycles. The summed E-state index contributed by atoms with van der Waals surface area (Å²) in [6, 6.07) is 3.64. The van der Waals surface area contributed by atoms with Crippen LogP contribution in [-0.4, -0.2) is 37.6 Å². The van der Waals surface area contributed by atoms with Crippen molar-refractivity contribution in [2.75, 3.05) is 11.4 Å². The molecule has 0 bridgehead atoms. The number of hydrogen-bond acceptors (Lipinski definition) is 5. The molecule has 1 atom stereocenters. The SMILES string of the molecule is CCC(SC(C)=O)C(=O)N(CC)c1cn(-c2cccnc2)nc1Cl. The molecule has 0 radical (unpaired) electrons. The molecule has 8 heteroatoms. The van der Waals surface area contributed by atoms with E-state index in [1.807, 2.05) is 19.9 Å². The number of pyridine rings is 1. The van der Waals surface area contributed by atoms with Gasteiger partial charge in [-0.2, -0.15) is 5.10 Å². The van der Waals surface area contributed by atoms with Gasteiger partial charge in [-0.25, -0.2) is 4.68 Å². The highest BCUT2D eigenvalue weighted by Crippen LogP contribution is 2.28. The van der Waals surface area contributed by atoms with E-state index in [2.05, 4.69) is 10.1 Å². The third kappa shape index (κ3) is 4.15. The lowest BCUT2D eigenvalue weighted by Crippen LogP contribution is -2.38. The predicted octanol–water partition coefficient (Wildman–Crippen LogP) is 3.33. The zero-order valence-corrected chi connectivity index (χ0v) is 15.3. The van der Waals surface area contributed by atoms with Crippen LogP contribution in [0, 0.1) is 0 Å². The maximum Gasteiger partial charge on any atom is 0.240 e. The van der Waals surface area contributed by atoms with Gasteiger partial charge in [0, 0.05) is 19.7 Å². The smallest absolute Gasteiger partial charge is 0.240 e. The maximum atomic E-state index is 12.8. The molecule has 128 valence electrons. The van der Waals surface area contributed by atoms with Crippen molar-refractivity contribution < 1.29 is 9.59 Å². The van der Waals surface area contributed by atoms with Crippen LogP contribution in [-0.2, 0) is 9.59 Å². The molecule has 2 rings (SSSR count). The lowest BCUT2D eigenvalue weighted by atomic mass is 10.2. The number of rotatable bonds is 6. The molecule has 0 aliphatic carbocycles. The Morgan fingerprint density at radius 2 is 2.17 bits per heavy atom. The number of amides is 1. The summed E-state index contributed by atoms with van der Waals surface area (Å²) in [5.41, 5.74) is 1.27. The van der Waals surface area contributed by atoms with Crippen molar-refractivity contribution in [3.8, 4) is 5.69 Å². The molecule has 0 saturated heterocycles. The van der Waals surface area contributed by atoms with Gasteiger partial charge in [-0.05, 0) is 25.5 Å². The van der Waals surface area contributed by atoms with E-state index in [1.165, 1.54) is 6.92 Å². The topological polar surface area (TPSA) is 68.1 Å². The van der Waals surface area contributed by atoms with E-state index in [-0.39, 0.29) is 16.2 Å². The Labute approximate surface area is 150 Å². The van der Waals surface area contributed by atoms with Crippen molar-refractivity contribution in [2.24, 2.45) is 0 Å². The molecule has 1 amide bonds. The van der Waals surface area contributed by atoms with Gasteiger partial charge in [0.05, 0.1) is 23.3 Å². The van der Waals surface area contributed by atoms with Crippen molar-refractivity contribution in [3.05, 3.63) is 35.9 Å². The highest BCUT2D eigenvalue weighted by atomic mass is 35.5. The van der Waals surface area contributed by atoms with Gasteiger partial charge in [-0.1, -0.05) is 30.3 Å². The number of carbonyl (C=O) groups is 2. The van der Waals surface area contributed by atoms with Gasteiger partial charge < -0.3 is 4.90 Å². The average molecular weight is 367 g/mol.